The molecule has 2 fully saturated rings. The van der Waals surface area contributed by atoms with E-state index in [9.17, 15) is 24.9 Å². The zero-order chi connectivity index (χ0) is 26.4. The molecule has 5 heteroatoms. The van der Waals surface area contributed by atoms with Gasteiger partial charge in [-0.25, -0.2) is 0 Å². The number of carbonyl (C=O) groups excluding carboxylic acids is 2. The predicted molar refractivity (Wildman–Crippen MR) is 136 cm³/mol. The SMILES string of the molecule is CC(CC(O)C(O)C(C)(C)O)C1=C2C=C[C@H]3[C@@]4(C)CCC(=O)C(C)(C)[C@@H]4CC[C@]3(C)[C@@]2(C)CC1=O. The van der Waals surface area contributed by atoms with E-state index in [0.29, 0.717) is 30.5 Å². The number of carbonyl (C=O) groups is 2. The summed E-state index contributed by atoms with van der Waals surface area (Å²) in [7, 11) is 0. The Labute approximate surface area is 211 Å². The molecule has 4 rings (SSSR count). The first-order chi connectivity index (χ1) is 15.9. The first-order valence-corrected chi connectivity index (χ1v) is 13.5. The van der Waals surface area contributed by atoms with E-state index < -0.39 is 17.8 Å². The van der Waals surface area contributed by atoms with Crippen molar-refractivity contribution < 1.29 is 24.9 Å². The summed E-state index contributed by atoms with van der Waals surface area (Å²) in [5.41, 5.74) is -0.251. The first kappa shape index (κ1) is 26.8. The Morgan fingerprint density at radius 2 is 1.71 bits per heavy atom. The van der Waals surface area contributed by atoms with Gasteiger partial charge in [0, 0.05) is 29.2 Å². The Morgan fingerprint density at radius 3 is 2.31 bits per heavy atom. The van der Waals surface area contributed by atoms with Crippen LogP contribution in [0.25, 0.3) is 0 Å². The molecule has 0 amide bonds. The fraction of sp³-hybridized carbons (Fsp3) is 0.800. The lowest BCUT2D eigenvalue weighted by Crippen LogP contribution is -2.61. The lowest BCUT2D eigenvalue weighted by atomic mass is 9.37. The topological polar surface area (TPSA) is 94.8 Å². The molecule has 3 unspecified atom stereocenters. The third-order valence-corrected chi connectivity index (χ3v) is 11.2. The Morgan fingerprint density at radius 1 is 1.09 bits per heavy atom. The zero-order valence-electron chi connectivity index (χ0n) is 22.9. The number of aliphatic hydroxyl groups is 3. The predicted octanol–water partition coefficient (Wildman–Crippen LogP) is 4.78. The van der Waals surface area contributed by atoms with Crippen molar-refractivity contribution in [3.05, 3.63) is 23.3 Å². The average molecular weight is 487 g/mol. The van der Waals surface area contributed by atoms with Crippen molar-refractivity contribution in [2.75, 3.05) is 0 Å². The minimum Gasteiger partial charge on any atom is -0.390 e. The number of aliphatic hydroxyl groups excluding tert-OH is 2. The van der Waals surface area contributed by atoms with Gasteiger partial charge in [0.05, 0.1) is 11.7 Å². The highest BCUT2D eigenvalue weighted by atomic mass is 16.4. The molecule has 0 aliphatic heterocycles. The molecule has 4 aliphatic rings. The molecule has 4 aliphatic carbocycles. The van der Waals surface area contributed by atoms with Crippen molar-refractivity contribution >= 4 is 11.6 Å². The van der Waals surface area contributed by atoms with Gasteiger partial charge in [-0.15, -0.1) is 0 Å². The lowest BCUT2D eigenvalue weighted by Gasteiger charge is -2.66. The smallest absolute Gasteiger partial charge is 0.160 e. The number of ketones is 2. The number of fused-ring (bicyclic) bond motifs is 5. The summed E-state index contributed by atoms with van der Waals surface area (Å²) in [6.45, 7) is 16.2. The average Bonchev–Trinajstić information content (AvgIpc) is 3.00. The van der Waals surface area contributed by atoms with Gasteiger partial charge in [0.15, 0.2) is 5.78 Å². The molecule has 8 atom stereocenters. The molecule has 0 heterocycles. The second kappa shape index (κ2) is 8.10. The van der Waals surface area contributed by atoms with Crippen LogP contribution in [0.15, 0.2) is 23.3 Å². The maximum absolute atomic E-state index is 13.5. The molecule has 0 radical (unpaired) electrons. The van der Waals surface area contributed by atoms with E-state index in [1.54, 1.807) is 0 Å². The summed E-state index contributed by atoms with van der Waals surface area (Å²) >= 11 is 0. The van der Waals surface area contributed by atoms with E-state index in [1.807, 2.05) is 6.92 Å². The minimum atomic E-state index is -1.42. The molecule has 2 saturated carbocycles. The molecule has 0 aromatic carbocycles. The van der Waals surface area contributed by atoms with E-state index in [2.05, 4.69) is 46.8 Å². The molecule has 5 nitrogen and oxygen atoms in total. The highest BCUT2D eigenvalue weighted by Crippen LogP contribution is 2.72. The number of Topliss-reactive ketones (excluding diaryl/α,β-unsaturated/α-hetero) is 2. The monoisotopic (exact) mass is 486 g/mol. The van der Waals surface area contributed by atoms with Crippen LogP contribution in [0.3, 0.4) is 0 Å². The van der Waals surface area contributed by atoms with E-state index in [0.717, 1.165) is 30.4 Å². The third-order valence-electron chi connectivity index (χ3n) is 11.2. The van der Waals surface area contributed by atoms with Crippen molar-refractivity contribution in [2.45, 2.75) is 112 Å². The van der Waals surface area contributed by atoms with Gasteiger partial charge in [-0.3, -0.25) is 9.59 Å². The fourth-order valence-corrected chi connectivity index (χ4v) is 8.89. The molecule has 0 aromatic heterocycles. The Kier molecular flexibility index (Phi) is 6.19. The highest BCUT2D eigenvalue weighted by molar-refractivity contribution is 6.01. The number of hydrogen-bond donors (Lipinski definition) is 3. The summed E-state index contributed by atoms with van der Waals surface area (Å²) < 4.78 is 0. The van der Waals surface area contributed by atoms with Crippen molar-refractivity contribution in [2.24, 2.45) is 39.4 Å². The molecule has 0 bridgehead atoms. The molecular weight excluding hydrogens is 440 g/mol. The number of hydrogen-bond acceptors (Lipinski definition) is 5. The zero-order valence-corrected chi connectivity index (χ0v) is 22.9. The summed E-state index contributed by atoms with van der Waals surface area (Å²) in [5, 5.41) is 31.1. The second-order valence-electron chi connectivity index (χ2n) is 14.1. The van der Waals surface area contributed by atoms with Crippen LogP contribution in [0.1, 0.15) is 93.9 Å². The highest BCUT2D eigenvalue weighted by Gasteiger charge is 2.66. The van der Waals surface area contributed by atoms with Crippen LogP contribution in [-0.2, 0) is 9.59 Å². The Hall–Kier alpha value is -1.30. The molecule has 3 N–H and O–H groups in total. The molecule has 196 valence electrons. The number of rotatable bonds is 5. The summed E-state index contributed by atoms with van der Waals surface area (Å²) in [5.74, 6) is 0.920. The van der Waals surface area contributed by atoms with Crippen LogP contribution >= 0.6 is 0 Å². The maximum Gasteiger partial charge on any atom is 0.160 e. The van der Waals surface area contributed by atoms with Gasteiger partial charge >= 0.3 is 0 Å². The largest absolute Gasteiger partial charge is 0.390 e. The first-order valence-electron chi connectivity index (χ1n) is 13.5. The summed E-state index contributed by atoms with van der Waals surface area (Å²) in [6.07, 6.45) is 6.30. The fourth-order valence-electron chi connectivity index (χ4n) is 8.89. The maximum atomic E-state index is 13.5. The van der Waals surface area contributed by atoms with Crippen LogP contribution in [0.4, 0.5) is 0 Å². The molecule has 0 saturated heterocycles. The van der Waals surface area contributed by atoms with E-state index in [-0.39, 0.29) is 39.8 Å². The normalized spacial score (nSPS) is 41.2. The van der Waals surface area contributed by atoms with Crippen molar-refractivity contribution in [1.82, 2.24) is 0 Å². The van der Waals surface area contributed by atoms with Gasteiger partial charge in [-0.1, -0.05) is 53.7 Å². The van der Waals surface area contributed by atoms with Crippen molar-refractivity contribution in [1.29, 1.82) is 0 Å². The molecular formula is C30H46O5. The van der Waals surface area contributed by atoms with Crippen LogP contribution in [-0.4, -0.2) is 44.7 Å². The second-order valence-corrected chi connectivity index (χ2v) is 14.1. The van der Waals surface area contributed by atoms with Gasteiger partial charge in [0.2, 0.25) is 0 Å². The van der Waals surface area contributed by atoms with Gasteiger partial charge in [-0.2, -0.15) is 0 Å². The van der Waals surface area contributed by atoms with Gasteiger partial charge in [0.1, 0.15) is 11.9 Å². The summed E-state index contributed by atoms with van der Waals surface area (Å²) in [4.78, 5) is 26.4. The molecule has 35 heavy (non-hydrogen) atoms. The Balaban J connectivity index is 1.72. The van der Waals surface area contributed by atoms with Crippen LogP contribution in [0.2, 0.25) is 0 Å². The third kappa shape index (κ3) is 3.67. The van der Waals surface area contributed by atoms with Crippen molar-refractivity contribution in [3.63, 3.8) is 0 Å². The number of allylic oxidation sites excluding steroid dienone is 4. The molecule has 0 aromatic rings. The van der Waals surface area contributed by atoms with Crippen molar-refractivity contribution in [3.8, 4) is 0 Å². The quantitative estimate of drug-likeness (QED) is 0.520. The van der Waals surface area contributed by atoms with Crippen LogP contribution in [0.5, 0.6) is 0 Å². The van der Waals surface area contributed by atoms with Gasteiger partial charge < -0.3 is 15.3 Å². The molecule has 0 spiro atoms. The standard InChI is InChI=1S/C30H46O5/c1-17(15-19(31)25(34)27(4,5)35)24-18-9-10-22-28(6)13-12-23(33)26(2,3)21(28)11-14-29(22,7)30(18,8)16-20(24)32/h9-10,17,19,21-22,25,31,34-35H,11-16H2,1-8H3/t17?,19?,21-,22-,25?,28-,29-,30-/m0/s1. The lowest BCUT2D eigenvalue weighted by molar-refractivity contribution is -0.165. The van der Waals surface area contributed by atoms with Crippen LogP contribution < -0.4 is 0 Å². The van der Waals surface area contributed by atoms with Gasteiger partial charge in [0.25, 0.3) is 0 Å². The van der Waals surface area contributed by atoms with E-state index in [1.165, 1.54) is 13.8 Å². The summed E-state index contributed by atoms with van der Waals surface area (Å²) in [6, 6.07) is 0. The van der Waals surface area contributed by atoms with Gasteiger partial charge in [-0.05, 0) is 73.7 Å². The van der Waals surface area contributed by atoms with Crippen LogP contribution in [0, 0.1) is 39.4 Å². The van der Waals surface area contributed by atoms with E-state index in [4.69, 9.17) is 0 Å². The minimum absolute atomic E-state index is 0.0138. The van der Waals surface area contributed by atoms with E-state index >= 15 is 0 Å². The Bertz CT molecular complexity index is 983.